The Kier molecular flexibility index (Phi) is 4.68. The van der Waals surface area contributed by atoms with E-state index < -0.39 is 0 Å². The molecule has 0 bridgehead atoms. The van der Waals surface area contributed by atoms with Crippen molar-refractivity contribution in [1.29, 1.82) is 0 Å². The summed E-state index contributed by atoms with van der Waals surface area (Å²) in [6.45, 7) is 13.3. The van der Waals surface area contributed by atoms with Crippen molar-refractivity contribution in [3.63, 3.8) is 0 Å². The zero-order valence-electron chi connectivity index (χ0n) is 13.8. The molecule has 4 heteroatoms. The fourth-order valence-corrected chi connectivity index (χ4v) is 2.36. The summed E-state index contributed by atoms with van der Waals surface area (Å²) in [6, 6.07) is 2.56. The summed E-state index contributed by atoms with van der Waals surface area (Å²) in [4.78, 5) is 13.8. The first-order valence-electron chi connectivity index (χ1n) is 7.39. The van der Waals surface area contributed by atoms with Crippen LogP contribution in [0.2, 0.25) is 0 Å². The Hall–Kier alpha value is -1.81. The van der Waals surface area contributed by atoms with Crippen molar-refractivity contribution in [3.8, 4) is 11.5 Å². The minimum atomic E-state index is 0.449. The van der Waals surface area contributed by atoms with Gasteiger partial charge in [0.05, 0.1) is 0 Å². The third-order valence-electron chi connectivity index (χ3n) is 3.53. The van der Waals surface area contributed by atoms with Crippen LogP contribution in [-0.2, 0) is 6.54 Å². The molecule has 0 fully saturated rings. The lowest BCUT2D eigenvalue weighted by Crippen LogP contribution is -2.23. The molecule has 0 spiro atoms. The molecular weight excluding hydrogens is 260 g/mol. The maximum absolute atomic E-state index is 4.66. The lowest BCUT2D eigenvalue weighted by Gasteiger charge is -2.14. The monoisotopic (exact) mass is 284 g/mol. The van der Waals surface area contributed by atoms with Crippen molar-refractivity contribution >= 4 is 0 Å². The number of aryl methyl sites for hydroxylation is 4. The third kappa shape index (κ3) is 3.64. The van der Waals surface area contributed by atoms with E-state index in [1.165, 1.54) is 5.56 Å². The van der Waals surface area contributed by atoms with E-state index in [-0.39, 0.29) is 0 Å². The molecule has 1 N–H and O–H groups in total. The Morgan fingerprint density at radius 2 is 1.67 bits per heavy atom. The van der Waals surface area contributed by atoms with Gasteiger partial charge in [-0.3, -0.25) is 4.98 Å². The molecule has 0 saturated carbocycles. The number of pyridine rings is 1. The zero-order chi connectivity index (χ0) is 15.6. The second-order valence-corrected chi connectivity index (χ2v) is 5.91. The van der Waals surface area contributed by atoms with Crippen molar-refractivity contribution in [2.24, 2.45) is 0 Å². The first-order chi connectivity index (χ1) is 9.88. The Bertz CT molecular complexity index is 624. The van der Waals surface area contributed by atoms with E-state index in [9.17, 15) is 0 Å². The highest BCUT2D eigenvalue weighted by atomic mass is 15.0. The van der Waals surface area contributed by atoms with Crippen LogP contribution >= 0.6 is 0 Å². The van der Waals surface area contributed by atoms with E-state index in [2.05, 4.69) is 47.1 Å². The van der Waals surface area contributed by atoms with Gasteiger partial charge in [0, 0.05) is 35.7 Å². The van der Waals surface area contributed by atoms with E-state index in [1.54, 1.807) is 0 Å². The summed E-state index contributed by atoms with van der Waals surface area (Å²) in [6.07, 6.45) is 1.87. The standard InChI is InChI=1S/C17H24N4/c1-10(2)18-9-15-13(5)20-17(21-14(15)6)16-12(4)7-11(3)8-19-16/h7-8,10,18H,9H2,1-6H3. The Labute approximate surface area is 127 Å². The highest BCUT2D eigenvalue weighted by Gasteiger charge is 2.12. The Morgan fingerprint density at radius 1 is 1.05 bits per heavy atom. The summed E-state index contributed by atoms with van der Waals surface area (Å²) in [5.74, 6) is 0.718. The van der Waals surface area contributed by atoms with Gasteiger partial charge in [-0.1, -0.05) is 19.9 Å². The van der Waals surface area contributed by atoms with Gasteiger partial charge in [0.1, 0.15) is 5.69 Å². The lowest BCUT2D eigenvalue weighted by atomic mass is 10.1. The smallest absolute Gasteiger partial charge is 0.178 e. The molecule has 2 heterocycles. The van der Waals surface area contributed by atoms with Crippen LogP contribution in [0, 0.1) is 27.7 Å². The molecule has 0 aliphatic carbocycles. The third-order valence-corrected chi connectivity index (χ3v) is 3.53. The maximum Gasteiger partial charge on any atom is 0.178 e. The number of rotatable bonds is 4. The number of hydrogen-bond donors (Lipinski definition) is 1. The summed E-state index contributed by atoms with van der Waals surface area (Å²) in [7, 11) is 0. The fraction of sp³-hybridized carbons (Fsp3) is 0.471. The van der Waals surface area contributed by atoms with Crippen LogP contribution in [0.3, 0.4) is 0 Å². The van der Waals surface area contributed by atoms with E-state index in [0.29, 0.717) is 6.04 Å². The van der Waals surface area contributed by atoms with Gasteiger partial charge in [-0.25, -0.2) is 9.97 Å². The van der Waals surface area contributed by atoms with Crippen molar-refractivity contribution in [2.45, 2.75) is 54.1 Å². The normalized spacial score (nSPS) is 11.2. The van der Waals surface area contributed by atoms with Crippen molar-refractivity contribution in [3.05, 3.63) is 40.3 Å². The second kappa shape index (κ2) is 6.31. The summed E-state index contributed by atoms with van der Waals surface area (Å²) in [5.41, 5.74) is 6.36. The minimum Gasteiger partial charge on any atom is -0.310 e. The molecule has 0 radical (unpaired) electrons. The molecule has 2 rings (SSSR count). The highest BCUT2D eigenvalue weighted by Crippen LogP contribution is 2.20. The SMILES string of the molecule is Cc1cnc(-c2nc(C)c(CNC(C)C)c(C)n2)c(C)c1. The molecule has 21 heavy (non-hydrogen) atoms. The van der Waals surface area contributed by atoms with Gasteiger partial charge < -0.3 is 5.32 Å². The number of nitrogens with one attached hydrogen (secondary N) is 1. The maximum atomic E-state index is 4.66. The highest BCUT2D eigenvalue weighted by molar-refractivity contribution is 5.55. The topological polar surface area (TPSA) is 50.7 Å². The van der Waals surface area contributed by atoms with E-state index in [4.69, 9.17) is 0 Å². The second-order valence-electron chi connectivity index (χ2n) is 5.91. The first kappa shape index (κ1) is 15.6. The average Bonchev–Trinajstić information content (AvgIpc) is 2.37. The van der Waals surface area contributed by atoms with Gasteiger partial charge in [-0.2, -0.15) is 0 Å². The van der Waals surface area contributed by atoms with Gasteiger partial charge in [0.2, 0.25) is 0 Å². The van der Waals surface area contributed by atoms with Gasteiger partial charge in [0.15, 0.2) is 5.82 Å². The summed E-state index contributed by atoms with van der Waals surface area (Å²) in [5, 5.41) is 3.43. The first-order valence-corrected chi connectivity index (χ1v) is 7.39. The summed E-state index contributed by atoms with van der Waals surface area (Å²) < 4.78 is 0. The Morgan fingerprint density at radius 3 is 2.19 bits per heavy atom. The van der Waals surface area contributed by atoms with Gasteiger partial charge >= 0.3 is 0 Å². The van der Waals surface area contributed by atoms with Crippen LogP contribution in [0.15, 0.2) is 12.3 Å². The minimum absolute atomic E-state index is 0.449. The number of hydrogen-bond acceptors (Lipinski definition) is 4. The predicted molar refractivity (Wildman–Crippen MR) is 86.2 cm³/mol. The van der Waals surface area contributed by atoms with Crippen LogP contribution in [0.4, 0.5) is 0 Å². The van der Waals surface area contributed by atoms with E-state index in [0.717, 1.165) is 40.6 Å². The van der Waals surface area contributed by atoms with Gasteiger partial charge in [-0.05, 0) is 38.8 Å². The van der Waals surface area contributed by atoms with Crippen LogP contribution < -0.4 is 5.32 Å². The summed E-state index contributed by atoms with van der Waals surface area (Å²) >= 11 is 0. The van der Waals surface area contributed by atoms with Crippen LogP contribution in [0.5, 0.6) is 0 Å². The molecule has 0 aromatic carbocycles. The molecule has 112 valence electrons. The van der Waals surface area contributed by atoms with E-state index >= 15 is 0 Å². The van der Waals surface area contributed by atoms with Gasteiger partial charge in [-0.15, -0.1) is 0 Å². The molecule has 0 saturated heterocycles. The molecule has 0 amide bonds. The molecule has 0 aliphatic rings. The molecular formula is C17H24N4. The van der Waals surface area contributed by atoms with Crippen molar-refractivity contribution < 1.29 is 0 Å². The van der Waals surface area contributed by atoms with E-state index in [1.807, 2.05) is 27.0 Å². The molecule has 0 atom stereocenters. The number of nitrogens with zero attached hydrogens (tertiary/aromatic N) is 3. The lowest BCUT2D eigenvalue weighted by molar-refractivity contribution is 0.583. The molecule has 0 aliphatic heterocycles. The average molecular weight is 284 g/mol. The van der Waals surface area contributed by atoms with Gasteiger partial charge in [0.25, 0.3) is 0 Å². The molecule has 0 unspecified atom stereocenters. The quantitative estimate of drug-likeness (QED) is 0.936. The van der Waals surface area contributed by atoms with Crippen LogP contribution in [0.25, 0.3) is 11.5 Å². The molecule has 2 aromatic rings. The molecule has 4 nitrogen and oxygen atoms in total. The Balaban J connectivity index is 2.39. The van der Waals surface area contributed by atoms with Crippen molar-refractivity contribution in [2.75, 3.05) is 0 Å². The molecule has 2 aromatic heterocycles. The van der Waals surface area contributed by atoms with Crippen LogP contribution in [-0.4, -0.2) is 21.0 Å². The van der Waals surface area contributed by atoms with Crippen molar-refractivity contribution in [1.82, 2.24) is 20.3 Å². The number of aromatic nitrogens is 3. The predicted octanol–water partition coefficient (Wildman–Crippen LogP) is 3.27. The fourth-order valence-electron chi connectivity index (χ4n) is 2.36. The largest absolute Gasteiger partial charge is 0.310 e. The van der Waals surface area contributed by atoms with Crippen LogP contribution in [0.1, 0.15) is 41.9 Å². The zero-order valence-corrected chi connectivity index (χ0v) is 13.8.